The summed E-state index contributed by atoms with van der Waals surface area (Å²) in [6, 6.07) is 18.6. The molecule has 0 nitrogen and oxygen atoms in total. The fourth-order valence-electron chi connectivity index (χ4n) is 4.32. The van der Waals surface area contributed by atoms with E-state index in [2.05, 4.69) is 98.8 Å². The summed E-state index contributed by atoms with van der Waals surface area (Å²) in [6.45, 7) is 4.44. The van der Waals surface area contributed by atoms with E-state index in [4.69, 9.17) is 0 Å². The number of allylic oxidation sites excluding steroid dienone is 8. The molecule has 4 rings (SSSR count). The van der Waals surface area contributed by atoms with Crippen molar-refractivity contribution in [2.45, 2.75) is 26.7 Å². The summed E-state index contributed by atoms with van der Waals surface area (Å²) >= 11 is -2.84. The molecular formula is C24H24Ti. The Morgan fingerprint density at radius 1 is 0.680 bits per heavy atom. The van der Waals surface area contributed by atoms with E-state index >= 15 is 0 Å². The van der Waals surface area contributed by atoms with E-state index in [0.717, 1.165) is 12.8 Å². The number of rotatable bonds is 4. The van der Waals surface area contributed by atoms with Gasteiger partial charge in [-0.25, -0.2) is 0 Å². The summed E-state index contributed by atoms with van der Waals surface area (Å²) in [6.07, 6.45) is 16.2. The second-order valence-corrected chi connectivity index (χ2v) is 13.3. The van der Waals surface area contributed by atoms with Gasteiger partial charge in [0, 0.05) is 0 Å². The van der Waals surface area contributed by atoms with Crippen molar-refractivity contribution < 1.29 is 16.6 Å². The normalized spacial score (nSPS) is 16.2. The molecule has 2 aliphatic carbocycles. The third-order valence-electron chi connectivity index (χ3n) is 5.41. The van der Waals surface area contributed by atoms with Gasteiger partial charge in [-0.05, 0) is 0 Å². The molecule has 0 radical (unpaired) electrons. The van der Waals surface area contributed by atoms with Crippen LogP contribution in [0.3, 0.4) is 0 Å². The number of aryl methyl sites for hydroxylation is 2. The van der Waals surface area contributed by atoms with Gasteiger partial charge in [-0.2, -0.15) is 0 Å². The zero-order chi connectivity index (χ0) is 17.3. The molecule has 0 saturated carbocycles. The predicted octanol–water partition coefficient (Wildman–Crippen LogP) is 5.10. The zero-order valence-electron chi connectivity index (χ0n) is 15.0. The molecule has 0 aliphatic heterocycles. The number of benzene rings is 2. The van der Waals surface area contributed by atoms with Crippen molar-refractivity contribution in [3.63, 3.8) is 0 Å². The van der Waals surface area contributed by atoms with Crippen LogP contribution in [0, 0.1) is 13.8 Å². The van der Waals surface area contributed by atoms with Crippen molar-refractivity contribution in [1.82, 2.24) is 0 Å². The average molecular weight is 360 g/mol. The molecule has 0 amide bonds. The van der Waals surface area contributed by atoms with Crippen molar-refractivity contribution in [3.05, 3.63) is 104 Å². The van der Waals surface area contributed by atoms with Crippen LogP contribution in [0.1, 0.15) is 24.0 Å². The molecule has 0 unspecified atom stereocenters. The van der Waals surface area contributed by atoms with Crippen LogP contribution in [0.2, 0.25) is 0 Å². The molecule has 0 spiro atoms. The van der Waals surface area contributed by atoms with Gasteiger partial charge in [0.05, 0.1) is 0 Å². The Morgan fingerprint density at radius 3 is 1.52 bits per heavy atom. The van der Waals surface area contributed by atoms with Crippen molar-refractivity contribution in [2.75, 3.05) is 0 Å². The van der Waals surface area contributed by atoms with Gasteiger partial charge in [0.1, 0.15) is 0 Å². The molecule has 0 atom stereocenters. The molecule has 2 aromatic rings. The summed E-state index contributed by atoms with van der Waals surface area (Å²) in [5.41, 5.74) is 2.72. The van der Waals surface area contributed by atoms with E-state index < -0.39 is 16.6 Å². The summed E-state index contributed by atoms with van der Waals surface area (Å²) in [5.74, 6) is 0. The van der Waals surface area contributed by atoms with Gasteiger partial charge in [-0.15, -0.1) is 0 Å². The first-order chi connectivity index (χ1) is 12.2. The van der Waals surface area contributed by atoms with Crippen LogP contribution in [-0.4, -0.2) is 0 Å². The van der Waals surface area contributed by atoms with Crippen LogP contribution in [0.15, 0.2) is 92.7 Å². The SMILES string of the molecule is Cc1ccc[c]([Ti]([C]2=CC=CC2)([C]2=CC=CC2)[c]2cccc(C)c2)c1. The van der Waals surface area contributed by atoms with Gasteiger partial charge < -0.3 is 0 Å². The van der Waals surface area contributed by atoms with Crippen molar-refractivity contribution in [2.24, 2.45) is 0 Å². The van der Waals surface area contributed by atoms with E-state index in [-0.39, 0.29) is 0 Å². The minimum atomic E-state index is -2.84. The first-order valence-electron chi connectivity index (χ1n) is 9.08. The second-order valence-electron chi connectivity index (χ2n) is 7.14. The maximum absolute atomic E-state index is 2.84. The van der Waals surface area contributed by atoms with Crippen molar-refractivity contribution >= 4 is 7.74 Å². The molecule has 1 heteroatoms. The van der Waals surface area contributed by atoms with Crippen LogP contribution in [0.25, 0.3) is 0 Å². The Labute approximate surface area is 154 Å². The number of hydrogen-bond acceptors (Lipinski definition) is 0. The molecule has 0 bridgehead atoms. The Bertz CT molecular complexity index is 847. The fraction of sp³-hybridized carbons (Fsp3) is 0.167. The fourth-order valence-corrected chi connectivity index (χ4v) is 12.7. The van der Waals surface area contributed by atoms with Crippen LogP contribution in [0.5, 0.6) is 0 Å². The Hall–Kier alpha value is -1.89. The van der Waals surface area contributed by atoms with Crippen LogP contribution in [-0.2, 0) is 16.6 Å². The summed E-state index contributed by atoms with van der Waals surface area (Å²) in [7, 11) is 0. The Kier molecular flexibility index (Phi) is 4.50. The van der Waals surface area contributed by atoms with E-state index in [1.807, 2.05) is 0 Å². The summed E-state index contributed by atoms with van der Waals surface area (Å²) < 4.78 is 6.45. The first-order valence-corrected chi connectivity index (χ1v) is 12.2. The van der Waals surface area contributed by atoms with E-state index in [9.17, 15) is 0 Å². The molecule has 0 aromatic heterocycles. The summed E-state index contributed by atoms with van der Waals surface area (Å²) in [5, 5.41) is 0. The predicted molar refractivity (Wildman–Crippen MR) is 105 cm³/mol. The summed E-state index contributed by atoms with van der Waals surface area (Å²) in [4.78, 5) is 0. The molecule has 25 heavy (non-hydrogen) atoms. The third kappa shape index (κ3) is 2.84. The van der Waals surface area contributed by atoms with Gasteiger partial charge in [-0.3, -0.25) is 0 Å². The monoisotopic (exact) mass is 360 g/mol. The molecule has 2 aliphatic rings. The number of hydrogen-bond donors (Lipinski definition) is 0. The van der Waals surface area contributed by atoms with Crippen LogP contribution in [0.4, 0.5) is 0 Å². The van der Waals surface area contributed by atoms with Gasteiger partial charge in [-0.1, -0.05) is 0 Å². The van der Waals surface area contributed by atoms with Crippen LogP contribution >= 0.6 is 0 Å². The Balaban J connectivity index is 2.04. The molecular weight excluding hydrogens is 336 g/mol. The molecule has 0 heterocycles. The standard InChI is InChI=1S/2C7H7.2C5H5.Ti/c2*1-7-5-3-2-4-6-7;2*1-2-4-5-3-1;/h2*2-3,5-6H,1H3;2*1-3H,4H2;. The second kappa shape index (κ2) is 6.79. The van der Waals surface area contributed by atoms with Crippen molar-refractivity contribution in [1.29, 1.82) is 0 Å². The van der Waals surface area contributed by atoms with Gasteiger partial charge >= 0.3 is 155 Å². The maximum atomic E-state index is 2.45. The van der Waals surface area contributed by atoms with Crippen LogP contribution < -0.4 is 7.74 Å². The van der Waals surface area contributed by atoms with Gasteiger partial charge in [0.25, 0.3) is 0 Å². The molecule has 0 N–H and O–H groups in total. The zero-order valence-corrected chi connectivity index (χ0v) is 16.6. The van der Waals surface area contributed by atoms with E-state index in [1.54, 1.807) is 15.5 Å². The van der Waals surface area contributed by atoms with Crippen molar-refractivity contribution in [3.8, 4) is 0 Å². The average Bonchev–Trinajstić information content (AvgIpc) is 3.30. The quantitative estimate of drug-likeness (QED) is 0.666. The van der Waals surface area contributed by atoms with E-state index in [1.165, 1.54) is 11.1 Å². The molecule has 0 fully saturated rings. The molecule has 2 aromatic carbocycles. The topological polar surface area (TPSA) is 0 Å². The minimum absolute atomic E-state index is 1.10. The molecule has 0 saturated heterocycles. The van der Waals surface area contributed by atoms with Gasteiger partial charge in [0.15, 0.2) is 0 Å². The molecule has 124 valence electrons. The first kappa shape index (κ1) is 16.6. The van der Waals surface area contributed by atoms with E-state index in [0.29, 0.717) is 0 Å². The van der Waals surface area contributed by atoms with Gasteiger partial charge in [0.2, 0.25) is 0 Å². The third-order valence-corrected chi connectivity index (χ3v) is 13.3. The Morgan fingerprint density at radius 2 is 1.16 bits per heavy atom.